The van der Waals surface area contributed by atoms with Crippen molar-refractivity contribution in [3.63, 3.8) is 0 Å². The third-order valence-corrected chi connectivity index (χ3v) is 4.80. The number of hydrogen-bond acceptors (Lipinski definition) is 5. The lowest BCUT2D eigenvalue weighted by molar-refractivity contribution is -0.122. The van der Waals surface area contributed by atoms with E-state index >= 15 is 0 Å². The summed E-state index contributed by atoms with van der Waals surface area (Å²) in [5.41, 5.74) is 2.02. The minimum Gasteiger partial charge on any atom is -0.493 e. The van der Waals surface area contributed by atoms with Crippen LogP contribution in [-0.2, 0) is 11.4 Å². The third-order valence-electron chi connectivity index (χ3n) is 4.80. The van der Waals surface area contributed by atoms with Crippen LogP contribution in [0.25, 0.3) is 0 Å². The van der Waals surface area contributed by atoms with Crippen LogP contribution in [0.5, 0.6) is 11.5 Å². The van der Waals surface area contributed by atoms with Crippen molar-refractivity contribution in [3.05, 3.63) is 53.9 Å². The molecule has 0 aliphatic carbocycles. The summed E-state index contributed by atoms with van der Waals surface area (Å²) in [6, 6.07) is 9.80. The lowest BCUT2D eigenvalue weighted by atomic mass is 10.1. The number of rotatable bonds is 8. The van der Waals surface area contributed by atoms with Crippen molar-refractivity contribution in [2.75, 3.05) is 13.7 Å². The smallest absolute Gasteiger partial charge is 0.222 e. The van der Waals surface area contributed by atoms with Gasteiger partial charge in [0.25, 0.3) is 0 Å². The summed E-state index contributed by atoms with van der Waals surface area (Å²) in [6.07, 6.45) is 6.22. The molecule has 1 amide bonds. The number of carbonyl (C=O) groups excluding carboxylic acids is 1. The summed E-state index contributed by atoms with van der Waals surface area (Å²) >= 11 is 0. The van der Waals surface area contributed by atoms with Crippen molar-refractivity contribution in [1.29, 1.82) is 0 Å². The Balaban J connectivity index is 1.59. The van der Waals surface area contributed by atoms with E-state index in [1.165, 1.54) is 0 Å². The Bertz CT molecular complexity index is 746. The Morgan fingerprint density at radius 3 is 2.81 bits per heavy atom. The number of methoxy groups -OCH3 is 1. The maximum atomic E-state index is 12.3. The molecule has 144 valence electrons. The maximum Gasteiger partial charge on any atom is 0.222 e. The van der Waals surface area contributed by atoms with Crippen LogP contribution in [0.1, 0.15) is 43.4 Å². The highest BCUT2D eigenvalue weighted by molar-refractivity contribution is 5.77. The van der Waals surface area contributed by atoms with E-state index in [0.717, 1.165) is 30.5 Å². The van der Waals surface area contributed by atoms with Crippen LogP contribution in [0, 0.1) is 0 Å². The molecule has 2 atom stereocenters. The number of ether oxygens (including phenoxy) is 2. The van der Waals surface area contributed by atoms with Crippen LogP contribution in [-0.4, -0.2) is 30.6 Å². The summed E-state index contributed by atoms with van der Waals surface area (Å²) < 4.78 is 11.3. The van der Waals surface area contributed by atoms with Crippen LogP contribution >= 0.6 is 0 Å². The van der Waals surface area contributed by atoms with Gasteiger partial charge in [-0.3, -0.25) is 9.78 Å². The van der Waals surface area contributed by atoms with Crippen LogP contribution < -0.4 is 20.1 Å². The van der Waals surface area contributed by atoms with E-state index < -0.39 is 0 Å². The summed E-state index contributed by atoms with van der Waals surface area (Å²) in [6.45, 7) is 3.43. The fourth-order valence-electron chi connectivity index (χ4n) is 3.25. The summed E-state index contributed by atoms with van der Waals surface area (Å²) in [7, 11) is 1.62. The van der Waals surface area contributed by atoms with Crippen molar-refractivity contribution in [2.24, 2.45) is 0 Å². The molecule has 0 spiro atoms. The Morgan fingerprint density at radius 2 is 2.11 bits per heavy atom. The highest BCUT2D eigenvalue weighted by Crippen LogP contribution is 2.31. The lowest BCUT2D eigenvalue weighted by Crippen LogP contribution is -2.33. The molecule has 2 N–H and O–H groups in total. The first-order valence-corrected chi connectivity index (χ1v) is 9.38. The van der Waals surface area contributed by atoms with Crippen LogP contribution in [0.15, 0.2) is 42.7 Å². The first kappa shape index (κ1) is 19.2. The van der Waals surface area contributed by atoms with Gasteiger partial charge in [0.05, 0.1) is 13.2 Å². The molecule has 6 nitrogen and oxygen atoms in total. The highest BCUT2D eigenvalue weighted by atomic mass is 16.5. The fraction of sp³-hybridized carbons (Fsp3) is 0.429. The van der Waals surface area contributed by atoms with E-state index in [1.807, 2.05) is 37.3 Å². The second-order valence-electron chi connectivity index (χ2n) is 6.84. The minimum absolute atomic E-state index is 0.0684. The first-order valence-electron chi connectivity index (χ1n) is 9.38. The molecule has 1 aliphatic rings. The predicted molar refractivity (Wildman–Crippen MR) is 104 cm³/mol. The zero-order valence-corrected chi connectivity index (χ0v) is 15.9. The van der Waals surface area contributed by atoms with Gasteiger partial charge in [0, 0.05) is 24.9 Å². The number of nitrogens with zero attached hydrogens (tertiary/aromatic N) is 1. The number of nitrogens with one attached hydrogen (secondary N) is 2. The first-order chi connectivity index (χ1) is 13.2. The van der Waals surface area contributed by atoms with Crippen LogP contribution in [0.2, 0.25) is 0 Å². The van der Waals surface area contributed by atoms with E-state index in [-0.39, 0.29) is 11.9 Å². The molecule has 0 radical (unpaired) electrons. The van der Waals surface area contributed by atoms with Gasteiger partial charge in [0.1, 0.15) is 6.61 Å². The van der Waals surface area contributed by atoms with Crippen molar-refractivity contribution in [1.82, 2.24) is 15.6 Å². The molecule has 2 unspecified atom stereocenters. The number of benzene rings is 1. The van der Waals surface area contributed by atoms with Gasteiger partial charge in [0.15, 0.2) is 11.5 Å². The van der Waals surface area contributed by atoms with Gasteiger partial charge in [-0.05, 0) is 61.7 Å². The van der Waals surface area contributed by atoms with E-state index in [1.54, 1.807) is 19.5 Å². The molecule has 1 aliphatic heterocycles. The number of amides is 1. The molecule has 3 rings (SSSR count). The fourth-order valence-corrected chi connectivity index (χ4v) is 3.25. The van der Waals surface area contributed by atoms with Crippen molar-refractivity contribution >= 4 is 5.91 Å². The standard InChI is InChI=1S/C21H27N3O3/c1-15(24-21(25)13-18-4-3-9-23-18)17-5-6-19(20(12-17)26-2)27-14-16-7-10-22-11-8-16/h5-8,10-12,15,18,23H,3-4,9,13-14H2,1-2H3,(H,24,25). The molecular weight excluding hydrogens is 342 g/mol. The third kappa shape index (κ3) is 5.44. The van der Waals surface area contributed by atoms with Crippen molar-refractivity contribution in [3.8, 4) is 11.5 Å². The molecular formula is C21H27N3O3. The second kappa shape index (κ2) is 9.37. The molecule has 27 heavy (non-hydrogen) atoms. The number of hydrogen-bond donors (Lipinski definition) is 2. The van der Waals surface area contributed by atoms with Gasteiger partial charge in [-0.2, -0.15) is 0 Å². The normalized spacial score (nSPS) is 17.3. The Morgan fingerprint density at radius 1 is 1.30 bits per heavy atom. The molecule has 2 aromatic rings. The van der Waals surface area contributed by atoms with Crippen LogP contribution in [0.4, 0.5) is 0 Å². The number of aromatic nitrogens is 1. The number of carbonyl (C=O) groups is 1. The largest absolute Gasteiger partial charge is 0.493 e. The highest BCUT2D eigenvalue weighted by Gasteiger charge is 2.19. The summed E-state index contributed by atoms with van der Waals surface area (Å²) in [5, 5.41) is 6.42. The summed E-state index contributed by atoms with van der Waals surface area (Å²) in [4.78, 5) is 16.3. The zero-order valence-electron chi connectivity index (χ0n) is 15.9. The van der Waals surface area contributed by atoms with Crippen molar-refractivity contribution < 1.29 is 14.3 Å². The van der Waals surface area contributed by atoms with Crippen LogP contribution in [0.3, 0.4) is 0 Å². The lowest BCUT2D eigenvalue weighted by Gasteiger charge is -2.18. The van der Waals surface area contributed by atoms with Gasteiger partial charge >= 0.3 is 0 Å². The zero-order chi connectivity index (χ0) is 19.1. The van der Waals surface area contributed by atoms with E-state index in [2.05, 4.69) is 15.6 Å². The SMILES string of the molecule is COc1cc(C(C)NC(=O)CC2CCCN2)ccc1OCc1ccncc1. The second-order valence-corrected chi connectivity index (χ2v) is 6.84. The molecule has 2 heterocycles. The molecule has 6 heteroatoms. The van der Waals surface area contributed by atoms with Gasteiger partial charge < -0.3 is 20.1 Å². The maximum absolute atomic E-state index is 12.3. The average Bonchev–Trinajstić information content (AvgIpc) is 3.19. The summed E-state index contributed by atoms with van der Waals surface area (Å²) in [5.74, 6) is 1.39. The number of pyridine rings is 1. The molecule has 1 fully saturated rings. The van der Waals surface area contributed by atoms with E-state index in [9.17, 15) is 4.79 Å². The molecule has 1 saturated heterocycles. The minimum atomic E-state index is -0.0953. The predicted octanol–water partition coefficient (Wildman–Crippen LogP) is 2.99. The molecule has 0 bridgehead atoms. The molecule has 1 aromatic carbocycles. The van der Waals surface area contributed by atoms with E-state index in [0.29, 0.717) is 30.6 Å². The van der Waals surface area contributed by atoms with E-state index in [4.69, 9.17) is 9.47 Å². The Kier molecular flexibility index (Phi) is 6.65. The average molecular weight is 369 g/mol. The monoisotopic (exact) mass is 369 g/mol. The molecule has 0 saturated carbocycles. The Labute approximate surface area is 160 Å². The quantitative estimate of drug-likeness (QED) is 0.748. The van der Waals surface area contributed by atoms with Gasteiger partial charge in [-0.15, -0.1) is 0 Å². The Hall–Kier alpha value is -2.60. The van der Waals surface area contributed by atoms with Crippen molar-refractivity contribution in [2.45, 2.75) is 44.9 Å². The molecule has 1 aromatic heterocycles. The topological polar surface area (TPSA) is 72.5 Å². The van der Waals surface area contributed by atoms with Gasteiger partial charge in [0.2, 0.25) is 5.91 Å². The van der Waals surface area contributed by atoms with Gasteiger partial charge in [-0.25, -0.2) is 0 Å². The van der Waals surface area contributed by atoms with Gasteiger partial charge in [-0.1, -0.05) is 6.07 Å².